The van der Waals surface area contributed by atoms with Gasteiger partial charge in [-0.3, -0.25) is 19.4 Å². The molecule has 2 amide bonds. The van der Waals surface area contributed by atoms with Gasteiger partial charge in [0.1, 0.15) is 11.7 Å². The molecule has 9 heteroatoms. The Hall–Kier alpha value is -2.58. The van der Waals surface area contributed by atoms with Crippen LogP contribution in [0.4, 0.5) is 4.79 Å². The van der Waals surface area contributed by atoms with Crippen LogP contribution in [-0.4, -0.2) is 69.7 Å². The molecule has 22 heavy (non-hydrogen) atoms. The summed E-state index contributed by atoms with van der Waals surface area (Å²) in [7, 11) is 1.20. The molecule has 0 saturated carbocycles. The number of carbonyl (C=O) groups excluding carboxylic acids is 2. The summed E-state index contributed by atoms with van der Waals surface area (Å²) in [6, 6.07) is -1.39. The highest BCUT2D eigenvalue weighted by molar-refractivity contribution is 6.03. The molecule has 118 valence electrons. The molecule has 0 aromatic heterocycles. The number of carbonyl (C=O) groups is 4. The van der Waals surface area contributed by atoms with E-state index in [1.54, 1.807) is 0 Å². The van der Waals surface area contributed by atoms with Gasteiger partial charge in [-0.05, 0) is 12.0 Å². The molecule has 0 aromatic carbocycles. The van der Waals surface area contributed by atoms with Crippen LogP contribution in [0.2, 0.25) is 0 Å². The number of likely N-dealkylation sites (tertiary alicyclic amines) is 1. The van der Waals surface area contributed by atoms with Gasteiger partial charge in [-0.2, -0.15) is 0 Å². The van der Waals surface area contributed by atoms with Crippen LogP contribution >= 0.6 is 0 Å². The van der Waals surface area contributed by atoms with Crippen LogP contribution in [0.1, 0.15) is 12.8 Å². The van der Waals surface area contributed by atoms with E-state index >= 15 is 0 Å². The fourth-order valence-electron chi connectivity index (χ4n) is 3.67. The third kappa shape index (κ3) is 1.71. The van der Waals surface area contributed by atoms with Crippen molar-refractivity contribution in [1.29, 1.82) is 0 Å². The lowest BCUT2D eigenvalue weighted by Crippen LogP contribution is -2.73. The summed E-state index contributed by atoms with van der Waals surface area (Å²) in [5, 5.41) is 18.5. The second kappa shape index (κ2) is 4.72. The Kier molecular flexibility index (Phi) is 3.08. The molecule has 0 aliphatic carbocycles. The summed E-state index contributed by atoms with van der Waals surface area (Å²) in [4.78, 5) is 48.6. The first-order valence-corrected chi connectivity index (χ1v) is 6.74. The number of amides is 2. The van der Waals surface area contributed by atoms with Crippen LogP contribution in [0.15, 0.2) is 11.3 Å². The number of hydrogen-bond donors (Lipinski definition) is 2. The Balaban J connectivity index is 1.98. The molecule has 3 aliphatic rings. The number of β-lactam (4-membered cyclic amide) rings is 1. The average Bonchev–Trinajstić information content (AvgIpc) is 2.78. The molecule has 0 radical (unpaired) electrons. The number of carboxylic acid groups (broad SMARTS) is 2. The molecular weight excluding hydrogens is 296 g/mol. The molecular formula is C13H14N2O7. The van der Waals surface area contributed by atoms with E-state index in [0.29, 0.717) is 12.0 Å². The van der Waals surface area contributed by atoms with Crippen LogP contribution < -0.4 is 0 Å². The molecule has 2 saturated heterocycles. The van der Waals surface area contributed by atoms with Gasteiger partial charge in [0.25, 0.3) is 5.91 Å². The fourth-order valence-corrected chi connectivity index (χ4v) is 3.67. The molecule has 0 spiro atoms. The van der Waals surface area contributed by atoms with E-state index in [1.807, 2.05) is 0 Å². The summed E-state index contributed by atoms with van der Waals surface area (Å²) in [6.07, 6.45) is -1.03. The largest absolute Gasteiger partial charge is 0.477 e. The topological polar surface area (TPSA) is 124 Å². The lowest BCUT2D eigenvalue weighted by Gasteiger charge is -2.52. The molecule has 0 aromatic rings. The van der Waals surface area contributed by atoms with Crippen LogP contribution in [0.5, 0.6) is 0 Å². The second-order valence-electron chi connectivity index (χ2n) is 5.45. The normalized spacial score (nSPS) is 29.1. The molecule has 3 rings (SSSR count). The van der Waals surface area contributed by atoms with E-state index in [2.05, 4.69) is 4.74 Å². The first-order valence-electron chi connectivity index (χ1n) is 6.74. The van der Waals surface area contributed by atoms with E-state index in [1.165, 1.54) is 7.11 Å². The maximum Gasteiger partial charge on any atom is 0.408 e. The smallest absolute Gasteiger partial charge is 0.408 e. The van der Waals surface area contributed by atoms with E-state index in [0.717, 1.165) is 9.80 Å². The fraction of sp³-hybridized carbons (Fsp3) is 0.538. The summed E-state index contributed by atoms with van der Waals surface area (Å²) in [5.41, 5.74) is 0.152. The maximum atomic E-state index is 12.2. The summed E-state index contributed by atoms with van der Waals surface area (Å²) in [5.74, 6) is -2.74. The summed E-state index contributed by atoms with van der Waals surface area (Å²) < 4.78 is 4.58. The van der Waals surface area contributed by atoms with Crippen LogP contribution in [0, 0.1) is 5.92 Å². The molecule has 0 bridgehead atoms. The lowest BCUT2D eigenvalue weighted by molar-refractivity contribution is -0.161. The lowest BCUT2D eigenvalue weighted by atomic mass is 9.77. The molecule has 2 N–H and O–H groups in total. The minimum Gasteiger partial charge on any atom is -0.477 e. The Morgan fingerprint density at radius 1 is 1.32 bits per heavy atom. The van der Waals surface area contributed by atoms with Crippen LogP contribution in [-0.2, 0) is 19.1 Å². The number of methoxy groups -OCH3 is 1. The van der Waals surface area contributed by atoms with Crippen LogP contribution in [0.3, 0.4) is 0 Å². The highest BCUT2D eigenvalue weighted by Crippen LogP contribution is 2.49. The zero-order chi connectivity index (χ0) is 16.2. The maximum absolute atomic E-state index is 12.2. The average molecular weight is 310 g/mol. The van der Waals surface area contributed by atoms with E-state index in [9.17, 15) is 24.3 Å². The Labute approximate surface area is 124 Å². The highest BCUT2D eigenvalue weighted by Gasteiger charge is 2.64. The SMILES string of the molecule is COC(=O)CC1=C(C(=O)O)N2C(=O)[C@@H]3[C@H]2C1CCN3C(=O)O. The van der Waals surface area contributed by atoms with Crippen LogP contribution in [0.25, 0.3) is 0 Å². The zero-order valence-electron chi connectivity index (χ0n) is 11.7. The van der Waals surface area contributed by atoms with E-state index in [4.69, 9.17) is 5.11 Å². The first kappa shape index (κ1) is 14.4. The van der Waals surface area contributed by atoms with Gasteiger partial charge in [-0.25, -0.2) is 9.59 Å². The van der Waals surface area contributed by atoms with Crippen molar-refractivity contribution >= 4 is 23.9 Å². The van der Waals surface area contributed by atoms with Crippen molar-refractivity contribution in [3.8, 4) is 0 Å². The number of hydrogen-bond acceptors (Lipinski definition) is 5. The standard InChI is InChI=1S/C13H14N2O7/c1-22-7(16)4-6-5-2-3-14(13(20)21)10-8(5)15(11(10)17)9(6)12(18)19/h5,8,10H,2-4H2,1H3,(H,18,19)(H,20,21)/t5?,8-,10+/m1/s1. The van der Waals surface area contributed by atoms with Gasteiger partial charge in [-0.15, -0.1) is 0 Å². The number of esters is 1. The van der Waals surface area contributed by atoms with Crippen molar-refractivity contribution < 1.29 is 34.1 Å². The monoisotopic (exact) mass is 310 g/mol. The number of rotatable bonds is 3. The molecule has 9 nitrogen and oxygen atoms in total. The van der Waals surface area contributed by atoms with Crippen molar-refractivity contribution in [1.82, 2.24) is 9.80 Å². The van der Waals surface area contributed by atoms with Crippen molar-refractivity contribution in [3.63, 3.8) is 0 Å². The quantitative estimate of drug-likeness (QED) is 0.531. The van der Waals surface area contributed by atoms with Crippen molar-refractivity contribution in [2.45, 2.75) is 24.9 Å². The number of aliphatic carboxylic acids is 1. The molecule has 1 unspecified atom stereocenters. The molecule has 3 heterocycles. The highest BCUT2D eigenvalue weighted by atomic mass is 16.5. The van der Waals surface area contributed by atoms with Gasteiger partial charge in [0, 0.05) is 12.5 Å². The van der Waals surface area contributed by atoms with E-state index < -0.39 is 36.0 Å². The molecule has 2 fully saturated rings. The Bertz CT molecular complexity index is 626. The predicted molar refractivity (Wildman–Crippen MR) is 68.6 cm³/mol. The minimum atomic E-state index is -1.29. The third-order valence-electron chi connectivity index (χ3n) is 4.54. The minimum absolute atomic E-state index is 0.137. The predicted octanol–water partition coefficient (Wildman–Crippen LogP) is -0.519. The third-order valence-corrected chi connectivity index (χ3v) is 4.54. The molecule has 3 atom stereocenters. The van der Waals surface area contributed by atoms with Gasteiger partial charge in [0.05, 0.1) is 19.6 Å². The number of piperidine rings is 1. The van der Waals surface area contributed by atoms with Gasteiger partial charge < -0.3 is 14.9 Å². The second-order valence-corrected chi connectivity index (χ2v) is 5.45. The Morgan fingerprint density at radius 3 is 2.55 bits per heavy atom. The zero-order valence-corrected chi connectivity index (χ0v) is 11.7. The van der Waals surface area contributed by atoms with Crippen molar-refractivity contribution in [2.24, 2.45) is 5.92 Å². The van der Waals surface area contributed by atoms with E-state index in [-0.39, 0.29) is 24.6 Å². The summed E-state index contributed by atoms with van der Waals surface area (Å²) in [6.45, 7) is 0.137. The van der Waals surface area contributed by atoms with Gasteiger partial charge in [0.15, 0.2) is 0 Å². The van der Waals surface area contributed by atoms with Gasteiger partial charge >= 0.3 is 18.0 Å². The van der Waals surface area contributed by atoms with Crippen molar-refractivity contribution in [3.05, 3.63) is 11.3 Å². The van der Waals surface area contributed by atoms with Gasteiger partial charge in [-0.1, -0.05) is 0 Å². The number of ether oxygens (including phenoxy) is 1. The van der Waals surface area contributed by atoms with Gasteiger partial charge in [0.2, 0.25) is 0 Å². The summed E-state index contributed by atoms with van der Waals surface area (Å²) >= 11 is 0. The molecule has 3 aliphatic heterocycles. The number of nitrogens with zero attached hydrogens (tertiary/aromatic N) is 2. The van der Waals surface area contributed by atoms with Crippen molar-refractivity contribution in [2.75, 3.05) is 13.7 Å². The number of carboxylic acids is 1. The first-order chi connectivity index (χ1) is 10.4. The Morgan fingerprint density at radius 2 is 2.00 bits per heavy atom.